The molecule has 0 radical (unpaired) electrons. The number of hydrogen-bond donors (Lipinski definition) is 1. The van der Waals surface area contributed by atoms with Gasteiger partial charge in [-0.3, -0.25) is 19.4 Å². The van der Waals surface area contributed by atoms with Crippen molar-refractivity contribution in [3.05, 3.63) is 70.5 Å². The predicted molar refractivity (Wildman–Crippen MR) is 164 cm³/mol. The molecule has 42 heavy (non-hydrogen) atoms. The number of carbonyl (C=O) groups is 2. The number of benzene rings is 2. The fourth-order valence-electron chi connectivity index (χ4n) is 6.67. The maximum absolute atomic E-state index is 12.1. The van der Waals surface area contributed by atoms with Crippen molar-refractivity contribution in [1.82, 2.24) is 9.80 Å². The number of methoxy groups -OCH3 is 2. The number of esters is 1. The van der Waals surface area contributed by atoms with Crippen molar-refractivity contribution in [3.63, 3.8) is 0 Å². The normalized spacial score (nSPS) is 23.5. The molecule has 0 saturated carbocycles. The van der Waals surface area contributed by atoms with Gasteiger partial charge in [0.05, 0.1) is 26.6 Å². The number of aliphatic hydroxyl groups excluding tert-OH is 1. The first-order valence-electron chi connectivity index (χ1n) is 14.8. The van der Waals surface area contributed by atoms with E-state index in [0.29, 0.717) is 37.9 Å². The summed E-state index contributed by atoms with van der Waals surface area (Å²) < 4.78 is 15.7. The molecule has 0 aromatic heterocycles. The molecule has 0 amide bonds. The number of fused-ring (bicyclic) bond motifs is 2. The zero-order valence-corrected chi connectivity index (χ0v) is 25.7. The number of likely N-dealkylation sites (tertiary alicyclic amines) is 1. The van der Waals surface area contributed by atoms with Crippen molar-refractivity contribution in [2.24, 2.45) is 5.92 Å². The summed E-state index contributed by atoms with van der Waals surface area (Å²) in [6.45, 7) is 5.04. The van der Waals surface area contributed by atoms with Crippen LogP contribution in [0.5, 0.6) is 11.5 Å². The first-order chi connectivity index (χ1) is 19.9. The zero-order valence-electron chi connectivity index (χ0n) is 24.8. The van der Waals surface area contributed by atoms with Crippen LogP contribution in [0.15, 0.2) is 48.2 Å². The Morgan fingerprint density at radius 2 is 1.45 bits per heavy atom. The quantitative estimate of drug-likeness (QED) is 0.350. The van der Waals surface area contributed by atoms with Crippen molar-refractivity contribution in [3.8, 4) is 11.5 Å². The molecule has 3 atom stereocenters. The number of ketones is 1. The number of carbonyl (C=O) groups excluding carboxylic acids is 2. The van der Waals surface area contributed by atoms with Crippen molar-refractivity contribution in [2.75, 3.05) is 47.0 Å². The number of ether oxygens (including phenoxy) is 3. The third-order valence-corrected chi connectivity index (χ3v) is 8.92. The first kappa shape index (κ1) is 31.9. The second kappa shape index (κ2) is 14.4. The summed E-state index contributed by atoms with van der Waals surface area (Å²) in [5.41, 5.74) is 5.45. The molecule has 0 bridgehead atoms. The Labute approximate surface area is 255 Å². The smallest absolute Gasteiger partial charge is 0.317 e. The van der Waals surface area contributed by atoms with Crippen molar-refractivity contribution in [2.45, 2.75) is 57.5 Å². The molecule has 0 spiro atoms. The van der Waals surface area contributed by atoms with Crippen molar-refractivity contribution < 1.29 is 28.9 Å². The summed E-state index contributed by atoms with van der Waals surface area (Å²) in [7, 11) is 3.38. The second-order valence-electron chi connectivity index (χ2n) is 11.2. The molecule has 2 aliphatic heterocycles. The number of nitrogens with zero attached hydrogens (tertiary/aromatic N) is 2. The average molecular weight is 599 g/mol. The SMILES string of the molecule is CCOC(=O)C1CN(C2CCc3ccc(OC)cc32)CCC1=O.COc1ccc2c(c1)C(N1CC=C(O)CC1)CC2.Cl. The number of aryl methyl sites for hydroxylation is 2. The van der Waals surface area contributed by atoms with Gasteiger partial charge in [0, 0.05) is 51.1 Å². The summed E-state index contributed by atoms with van der Waals surface area (Å²) in [6.07, 6.45) is 7.49. The third kappa shape index (κ3) is 6.93. The van der Waals surface area contributed by atoms with E-state index in [4.69, 9.17) is 14.2 Å². The van der Waals surface area contributed by atoms with Gasteiger partial charge in [-0.2, -0.15) is 0 Å². The largest absolute Gasteiger partial charge is 0.513 e. The van der Waals surface area contributed by atoms with E-state index in [0.717, 1.165) is 50.3 Å². The summed E-state index contributed by atoms with van der Waals surface area (Å²) in [5, 5.41) is 9.46. The molecule has 2 heterocycles. The van der Waals surface area contributed by atoms with Crippen LogP contribution in [0.25, 0.3) is 0 Å². The standard InChI is InChI=1S/C18H23NO4.C15H19NO2.ClH/c1-3-23-18(21)15-11-19(9-8-17(15)20)16-7-5-12-4-6-13(22-2)10-14(12)16;1-18-13-4-2-11-3-5-15(14(11)10-13)16-8-6-12(17)7-9-16;/h4,6,10,15-16H,3,5,7-9,11H2,1-2H3;2,4,6,10,15,17H,3,5,7-9H2,1H3;1H. The number of piperidine rings is 1. The van der Waals surface area contributed by atoms with E-state index in [1.807, 2.05) is 18.2 Å². The number of rotatable bonds is 6. The van der Waals surface area contributed by atoms with Crippen LogP contribution >= 0.6 is 12.4 Å². The Morgan fingerprint density at radius 1 is 0.881 bits per heavy atom. The molecule has 1 N–H and O–H groups in total. The molecule has 228 valence electrons. The van der Waals surface area contributed by atoms with Crippen LogP contribution in [0.3, 0.4) is 0 Å². The Hall–Kier alpha value is -3.07. The van der Waals surface area contributed by atoms with Crippen LogP contribution in [-0.2, 0) is 27.2 Å². The van der Waals surface area contributed by atoms with E-state index < -0.39 is 5.92 Å². The molecule has 8 nitrogen and oxygen atoms in total. The fourth-order valence-corrected chi connectivity index (χ4v) is 6.67. The molecule has 4 aliphatic rings. The Bertz CT molecular complexity index is 1300. The predicted octanol–water partition coefficient (Wildman–Crippen LogP) is 5.39. The van der Waals surface area contributed by atoms with E-state index >= 15 is 0 Å². The zero-order chi connectivity index (χ0) is 28.9. The molecule has 2 aromatic carbocycles. The lowest BCUT2D eigenvalue weighted by Gasteiger charge is -2.35. The van der Waals surface area contributed by atoms with Gasteiger partial charge in [0.2, 0.25) is 0 Å². The number of hydrogen-bond acceptors (Lipinski definition) is 8. The van der Waals surface area contributed by atoms with Gasteiger partial charge in [-0.15, -0.1) is 12.4 Å². The van der Waals surface area contributed by atoms with Gasteiger partial charge in [0.25, 0.3) is 0 Å². The molecule has 3 unspecified atom stereocenters. The number of Topliss-reactive ketones (excluding diaryl/α,β-unsaturated/α-hetero) is 1. The van der Waals surface area contributed by atoms with Crippen LogP contribution in [0.1, 0.15) is 66.9 Å². The van der Waals surface area contributed by atoms with Crippen LogP contribution in [0.2, 0.25) is 0 Å². The highest BCUT2D eigenvalue weighted by molar-refractivity contribution is 5.99. The maximum Gasteiger partial charge on any atom is 0.317 e. The highest BCUT2D eigenvalue weighted by Gasteiger charge is 2.38. The lowest BCUT2D eigenvalue weighted by Crippen LogP contribution is -2.45. The van der Waals surface area contributed by atoms with Gasteiger partial charge in [-0.05, 0) is 85.2 Å². The molecule has 1 saturated heterocycles. The fraction of sp³-hybridized carbons (Fsp3) is 0.515. The van der Waals surface area contributed by atoms with Gasteiger partial charge >= 0.3 is 5.97 Å². The van der Waals surface area contributed by atoms with Gasteiger partial charge < -0.3 is 19.3 Å². The van der Waals surface area contributed by atoms with E-state index in [1.54, 1.807) is 21.1 Å². The topological polar surface area (TPSA) is 88.5 Å². The monoisotopic (exact) mass is 598 g/mol. The second-order valence-corrected chi connectivity index (χ2v) is 11.2. The van der Waals surface area contributed by atoms with Crippen LogP contribution in [0, 0.1) is 5.92 Å². The lowest BCUT2D eigenvalue weighted by atomic mass is 9.94. The summed E-state index contributed by atoms with van der Waals surface area (Å²) >= 11 is 0. The molecule has 1 fully saturated rings. The van der Waals surface area contributed by atoms with Crippen LogP contribution < -0.4 is 9.47 Å². The minimum Gasteiger partial charge on any atom is -0.513 e. The van der Waals surface area contributed by atoms with E-state index in [1.165, 1.54) is 28.7 Å². The summed E-state index contributed by atoms with van der Waals surface area (Å²) in [5.74, 6) is 1.31. The summed E-state index contributed by atoms with van der Waals surface area (Å²) in [6, 6.07) is 13.3. The molecule has 2 aliphatic carbocycles. The number of halogens is 1. The Morgan fingerprint density at radius 3 is 1.98 bits per heavy atom. The van der Waals surface area contributed by atoms with Gasteiger partial charge in [0.15, 0.2) is 0 Å². The number of aliphatic hydroxyl groups is 1. The molecule has 6 rings (SSSR count). The highest BCUT2D eigenvalue weighted by Crippen LogP contribution is 2.40. The van der Waals surface area contributed by atoms with Crippen molar-refractivity contribution in [1.29, 1.82) is 0 Å². The molecule has 9 heteroatoms. The van der Waals surface area contributed by atoms with Crippen LogP contribution in [0.4, 0.5) is 0 Å². The maximum atomic E-state index is 12.1. The average Bonchev–Trinajstić information content (AvgIpc) is 3.62. The van der Waals surface area contributed by atoms with Gasteiger partial charge in [-0.1, -0.05) is 12.1 Å². The molecular formula is C33H43ClN2O6. The van der Waals surface area contributed by atoms with E-state index in [9.17, 15) is 14.7 Å². The van der Waals surface area contributed by atoms with Gasteiger partial charge in [0.1, 0.15) is 23.2 Å². The van der Waals surface area contributed by atoms with Crippen molar-refractivity contribution >= 4 is 24.2 Å². The first-order valence-corrected chi connectivity index (χ1v) is 14.8. The Kier molecular flexibility index (Phi) is 10.9. The van der Waals surface area contributed by atoms with Gasteiger partial charge in [-0.25, -0.2) is 0 Å². The summed E-state index contributed by atoms with van der Waals surface area (Å²) in [4.78, 5) is 28.8. The van der Waals surface area contributed by atoms with Crippen LogP contribution in [-0.4, -0.2) is 73.7 Å². The van der Waals surface area contributed by atoms with E-state index in [-0.39, 0.29) is 30.2 Å². The van der Waals surface area contributed by atoms with E-state index in [2.05, 4.69) is 34.1 Å². The third-order valence-electron chi connectivity index (χ3n) is 8.92. The molecule has 2 aromatic rings. The Balaban J connectivity index is 0.000000193. The minimum absolute atomic E-state index is 0. The minimum atomic E-state index is -0.640. The molecular weight excluding hydrogens is 556 g/mol. The highest BCUT2D eigenvalue weighted by atomic mass is 35.5. The lowest BCUT2D eigenvalue weighted by molar-refractivity contribution is -0.154.